The Morgan fingerprint density at radius 2 is 1.75 bits per heavy atom. The van der Waals surface area contributed by atoms with Crippen LogP contribution in [-0.4, -0.2) is 37.3 Å². The van der Waals surface area contributed by atoms with Crippen LogP contribution in [-0.2, 0) is 11.2 Å². The number of carbonyl (C=O) groups is 1. The molecule has 0 aromatic heterocycles. The van der Waals surface area contributed by atoms with Crippen LogP contribution in [0.25, 0.3) is 0 Å². The molecule has 0 heterocycles. The topological polar surface area (TPSA) is 65.5 Å². The number of thioether (sulfide) groups is 1. The summed E-state index contributed by atoms with van der Waals surface area (Å²) in [7, 11) is 0. The smallest absolute Gasteiger partial charge is 0.221 e. The molecule has 0 saturated carbocycles. The second-order valence-corrected chi connectivity index (χ2v) is 7.15. The number of aliphatic imine (C=N–C) groups is 1. The number of amides is 1. The fraction of sp³-hybridized carbons (Fsp3) is 0.333. The lowest BCUT2D eigenvalue weighted by Gasteiger charge is -2.11. The molecule has 0 saturated heterocycles. The zero-order chi connectivity index (χ0) is 19.3. The van der Waals surface area contributed by atoms with Crippen LogP contribution in [0.1, 0.15) is 19.4 Å². The van der Waals surface area contributed by atoms with Crippen molar-refractivity contribution in [2.24, 2.45) is 4.99 Å². The number of anilines is 1. The molecule has 0 radical (unpaired) electrons. The molecule has 1 amide bonds. The standard InChI is InChI=1S/C21H28N4OS.HI/c1-3-22-21(24-15-16-27-20-7-5-4-6-8-20)23-14-13-18-9-11-19(12-10-18)25-17(2)26;/h4-12H,3,13-16H2,1-2H3,(H,25,26)(H2,22,23,24);1H. The SMILES string of the molecule is CCNC(=NCCc1ccc(NC(C)=O)cc1)NCCSc1ccccc1.I. The van der Waals surface area contributed by atoms with Crippen molar-refractivity contribution in [3.63, 3.8) is 0 Å². The van der Waals surface area contributed by atoms with Crippen molar-refractivity contribution >= 4 is 53.3 Å². The van der Waals surface area contributed by atoms with Gasteiger partial charge in [-0.3, -0.25) is 9.79 Å². The van der Waals surface area contributed by atoms with Crippen LogP contribution in [0.4, 0.5) is 5.69 Å². The molecule has 0 spiro atoms. The van der Waals surface area contributed by atoms with Crippen LogP contribution in [0.5, 0.6) is 0 Å². The molecule has 2 aromatic carbocycles. The van der Waals surface area contributed by atoms with Crippen molar-refractivity contribution < 1.29 is 4.79 Å². The van der Waals surface area contributed by atoms with E-state index in [0.717, 1.165) is 36.9 Å². The average Bonchev–Trinajstić information content (AvgIpc) is 2.67. The van der Waals surface area contributed by atoms with E-state index in [4.69, 9.17) is 0 Å². The molecule has 0 aliphatic rings. The van der Waals surface area contributed by atoms with E-state index in [0.29, 0.717) is 6.54 Å². The summed E-state index contributed by atoms with van der Waals surface area (Å²) in [6, 6.07) is 18.3. The number of guanidine groups is 1. The summed E-state index contributed by atoms with van der Waals surface area (Å²) in [5, 5.41) is 9.43. The van der Waals surface area contributed by atoms with E-state index < -0.39 is 0 Å². The van der Waals surface area contributed by atoms with E-state index in [1.54, 1.807) is 0 Å². The molecule has 0 aliphatic carbocycles. The Bertz CT molecular complexity index is 723. The molecule has 7 heteroatoms. The summed E-state index contributed by atoms with van der Waals surface area (Å²) in [5.74, 6) is 1.78. The first-order chi connectivity index (χ1) is 13.2. The fourth-order valence-corrected chi connectivity index (χ4v) is 3.24. The normalized spacial score (nSPS) is 10.7. The first-order valence-corrected chi connectivity index (χ1v) is 10.2. The lowest BCUT2D eigenvalue weighted by Crippen LogP contribution is -2.38. The Morgan fingerprint density at radius 3 is 2.39 bits per heavy atom. The van der Waals surface area contributed by atoms with E-state index in [1.165, 1.54) is 17.4 Å². The van der Waals surface area contributed by atoms with Crippen molar-refractivity contribution in [1.82, 2.24) is 10.6 Å². The predicted octanol–water partition coefficient (Wildman–Crippen LogP) is 4.15. The van der Waals surface area contributed by atoms with Crippen LogP contribution in [0, 0.1) is 0 Å². The molecule has 28 heavy (non-hydrogen) atoms. The Kier molecular flexibility index (Phi) is 12.4. The number of hydrogen-bond donors (Lipinski definition) is 3. The maximum absolute atomic E-state index is 11.1. The molecule has 5 nitrogen and oxygen atoms in total. The number of rotatable bonds is 9. The Balaban J connectivity index is 0.00000392. The Hall–Kier alpha value is -1.74. The monoisotopic (exact) mass is 512 g/mol. The summed E-state index contributed by atoms with van der Waals surface area (Å²) in [4.78, 5) is 17.0. The molecule has 2 rings (SSSR count). The summed E-state index contributed by atoms with van der Waals surface area (Å²) in [6.45, 7) is 5.98. The molecule has 2 aromatic rings. The van der Waals surface area contributed by atoms with Crippen molar-refractivity contribution in [2.75, 3.05) is 30.7 Å². The average molecular weight is 512 g/mol. The lowest BCUT2D eigenvalue weighted by atomic mass is 10.1. The fourth-order valence-electron chi connectivity index (χ4n) is 2.45. The molecule has 0 fully saturated rings. The summed E-state index contributed by atoms with van der Waals surface area (Å²) in [5.41, 5.74) is 2.02. The van der Waals surface area contributed by atoms with Gasteiger partial charge in [0.05, 0.1) is 0 Å². The van der Waals surface area contributed by atoms with Gasteiger partial charge in [0.1, 0.15) is 0 Å². The first kappa shape index (κ1) is 24.3. The van der Waals surface area contributed by atoms with Gasteiger partial charge in [-0.05, 0) is 43.2 Å². The predicted molar refractivity (Wildman–Crippen MR) is 131 cm³/mol. The molecule has 0 atom stereocenters. The van der Waals surface area contributed by atoms with Gasteiger partial charge < -0.3 is 16.0 Å². The number of halogens is 1. The van der Waals surface area contributed by atoms with Crippen LogP contribution in [0.15, 0.2) is 64.5 Å². The lowest BCUT2D eigenvalue weighted by molar-refractivity contribution is -0.114. The third kappa shape index (κ3) is 9.98. The van der Waals surface area contributed by atoms with Gasteiger partial charge >= 0.3 is 0 Å². The van der Waals surface area contributed by atoms with Gasteiger partial charge in [0, 0.05) is 42.9 Å². The summed E-state index contributed by atoms with van der Waals surface area (Å²) >= 11 is 1.83. The zero-order valence-electron chi connectivity index (χ0n) is 16.4. The second-order valence-electron chi connectivity index (χ2n) is 5.98. The molecule has 152 valence electrons. The van der Waals surface area contributed by atoms with E-state index >= 15 is 0 Å². The number of benzene rings is 2. The highest BCUT2D eigenvalue weighted by atomic mass is 127. The zero-order valence-corrected chi connectivity index (χ0v) is 19.6. The number of carbonyl (C=O) groups excluding carboxylic acids is 1. The third-order valence-electron chi connectivity index (χ3n) is 3.70. The minimum absolute atomic E-state index is 0. The van der Waals surface area contributed by atoms with Crippen molar-refractivity contribution in [3.8, 4) is 0 Å². The second kappa shape index (κ2) is 14.3. The molecular formula is C21H29IN4OS. The van der Waals surface area contributed by atoms with Gasteiger partial charge in [0.15, 0.2) is 5.96 Å². The number of nitrogens with zero attached hydrogens (tertiary/aromatic N) is 1. The van der Waals surface area contributed by atoms with Crippen LogP contribution in [0.3, 0.4) is 0 Å². The highest BCUT2D eigenvalue weighted by Crippen LogP contribution is 2.15. The van der Waals surface area contributed by atoms with E-state index in [2.05, 4.69) is 52.1 Å². The maximum Gasteiger partial charge on any atom is 0.221 e. The molecule has 0 aliphatic heterocycles. The van der Waals surface area contributed by atoms with E-state index in [-0.39, 0.29) is 29.9 Å². The third-order valence-corrected chi connectivity index (χ3v) is 4.71. The number of hydrogen-bond acceptors (Lipinski definition) is 3. The van der Waals surface area contributed by atoms with Gasteiger partial charge in [0.2, 0.25) is 5.91 Å². The number of nitrogens with one attached hydrogen (secondary N) is 3. The Labute approximate surface area is 189 Å². The van der Waals surface area contributed by atoms with Crippen molar-refractivity contribution in [2.45, 2.75) is 25.2 Å². The minimum atomic E-state index is -0.0564. The van der Waals surface area contributed by atoms with Gasteiger partial charge in [-0.1, -0.05) is 30.3 Å². The van der Waals surface area contributed by atoms with Gasteiger partial charge in [-0.15, -0.1) is 35.7 Å². The van der Waals surface area contributed by atoms with Crippen molar-refractivity contribution in [3.05, 3.63) is 60.2 Å². The van der Waals surface area contributed by atoms with Crippen LogP contribution in [0.2, 0.25) is 0 Å². The minimum Gasteiger partial charge on any atom is -0.357 e. The molecule has 0 unspecified atom stereocenters. The summed E-state index contributed by atoms with van der Waals surface area (Å²) < 4.78 is 0. The van der Waals surface area contributed by atoms with Crippen LogP contribution >= 0.6 is 35.7 Å². The highest BCUT2D eigenvalue weighted by molar-refractivity contribution is 14.0. The van der Waals surface area contributed by atoms with E-state index in [1.807, 2.05) is 42.1 Å². The molecule has 3 N–H and O–H groups in total. The van der Waals surface area contributed by atoms with Gasteiger partial charge in [0.25, 0.3) is 0 Å². The highest BCUT2D eigenvalue weighted by Gasteiger charge is 1.99. The largest absolute Gasteiger partial charge is 0.357 e. The molecule has 0 bridgehead atoms. The molecular weight excluding hydrogens is 483 g/mol. The van der Waals surface area contributed by atoms with E-state index in [9.17, 15) is 4.79 Å². The maximum atomic E-state index is 11.1. The van der Waals surface area contributed by atoms with Gasteiger partial charge in [-0.25, -0.2) is 0 Å². The summed E-state index contributed by atoms with van der Waals surface area (Å²) in [6.07, 6.45) is 0.857. The van der Waals surface area contributed by atoms with Crippen LogP contribution < -0.4 is 16.0 Å². The quantitative estimate of drug-likeness (QED) is 0.155. The Morgan fingerprint density at radius 1 is 1.04 bits per heavy atom. The van der Waals surface area contributed by atoms with Gasteiger partial charge in [-0.2, -0.15) is 0 Å². The first-order valence-electron chi connectivity index (χ1n) is 9.24. The van der Waals surface area contributed by atoms with Crippen molar-refractivity contribution in [1.29, 1.82) is 0 Å².